The lowest BCUT2D eigenvalue weighted by Gasteiger charge is -2.19. The van der Waals surface area contributed by atoms with Crippen molar-refractivity contribution in [3.63, 3.8) is 0 Å². The fraction of sp³-hybridized carbons (Fsp3) is 0.400. The SMILES string of the molecule is COC(=O)[C@H](Cc1ccccc1)NC(=O)[C@@H]1C[C@H](F)C(=O)N1. The van der Waals surface area contributed by atoms with Crippen molar-refractivity contribution >= 4 is 17.8 Å². The molecular formula is C15H17FN2O4. The topological polar surface area (TPSA) is 84.5 Å². The van der Waals surface area contributed by atoms with E-state index in [4.69, 9.17) is 0 Å². The molecule has 1 saturated heterocycles. The fourth-order valence-electron chi connectivity index (χ4n) is 2.27. The molecule has 22 heavy (non-hydrogen) atoms. The Balaban J connectivity index is 2.02. The van der Waals surface area contributed by atoms with Crippen molar-refractivity contribution in [2.24, 2.45) is 0 Å². The number of carbonyl (C=O) groups excluding carboxylic acids is 3. The number of hydrogen-bond donors (Lipinski definition) is 2. The maximum absolute atomic E-state index is 13.2. The van der Waals surface area contributed by atoms with Gasteiger partial charge in [-0.1, -0.05) is 30.3 Å². The van der Waals surface area contributed by atoms with Crippen LogP contribution in [-0.4, -0.2) is 43.1 Å². The summed E-state index contributed by atoms with van der Waals surface area (Å²) >= 11 is 0. The molecule has 118 valence electrons. The largest absolute Gasteiger partial charge is 0.467 e. The van der Waals surface area contributed by atoms with Gasteiger partial charge in [-0.3, -0.25) is 9.59 Å². The number of ether oxygens (including phenoxy) is 1. The van der Waals surface area contributed by atoms with Gasteiger partial charge in [-0.2, -0.15) is 0 Å². The minimum atomic E-state index is -1.69. The summed E-state index contributed by atoms with van der Waals surface area (Å²) in [5, 5.41) is 4.76. The summed E-state index contributed by atoms with van der Waals surface area (Å²) in [4.78, 5) is 35.0. The van der Waals surface area contributed by atoms with Crippen molar-refractivity contribution in [1.82, 2.24) is 10.6 Å². The number of amides is 2. The van der Waals surface area contributed by atoms with Crippen LogP contribution in [0.2, 0.25) is 0 Å². The average molecular weight is 308 g/mol. The highest BCUT2D eigenvalue weighted by atomic mass is 19.1. The molecule has 2 N–H and O–H groups in total. The molecule has 0 spiro atoms. The number of carbonyl (C=O) groups is 3. The van der Waals surface area contributed by atoms with Crippen molar-refractivity contribution in [3.05, 3.63) is 35.9 Å². The summed E-state index contributed by atoms with van der Waals surface area (Å²) in [5.74, 6) is -2.00. The van der Waals surface area contributed by atoms with E-state index in [9.17, 15) is 18.8 Å². The minimum Gasteiger partial charge on any atom is -0.467 e. The Morgan fingerprint density at radius 2 is 2.09 bits per heavy atom. The minimum absolute atomic E-state index is 0.232. The number of nitrogens with one attached hydrogen (secondary N) is 2. The molecule has 1 heterocycles. The molecule has 0 radical (unpaired) electrons. The molecule has 7 heteroatoms. The quantitative estimate of drug-likeness (QED) is 0.756. The average Bonchev–Trinajstić information content (AvgIpc) is 2.86. The number of rotatable bonds is 5. The molecule has 0 saturated carbocycles. The summed E-state index contributed by atoms with van der Waals surface area (Å²) < 4.78 is 17.8. The molecular weight excluding hydrogens is 291 g/mol. The van der Waals surface area contributed by atoms with Crippen LogP contribution in [0, 0.1) is 0 Å². The Labute approximate surface area is 127 Å². The van der Waals surface area contributed by atoms with E-state index in [0.717, 1.165) is 5.56 Å². The zero-order valence-corrected chi connectivity index (χ0v) is 12.0. The number of hydrogen-bond acceptors (Lipinski definition) is 4. The van der Waals surface area contributed by atoms with Crippen LogP contribution in [0.25, 0.3) is 0 Å². The van der Waals surface area contributed by atoms with Gasteiger partial charge in [0.05, 0.1) is 7.11 Å². The summed E-state index contributed by atoms with van der Waals surface area (Å²) in [6.07, 6.45) is -1.68. The van der Waals surface area contributed by atoms with Crippen LogP contribution >= 0.6 is 0 Å². The third-order valence-corrected chi connectivity index (χ3v) is 3.44. The summed E-state index contributed by atoms with van der Waals surface area (Å²) in [6.45, 7) is 0. The normalized spacial score (nSPS) is 21.8. The third-order valence-electron chi connectivity index (χ3n) is 3.44. The Hall–Kier alpha value is -2.44. The maximum atomic E-state index is 13.2. The van der Waals surface area contributed by atoms with Gasteiger partial charge in [0.2, 0.25) is 5.91 Å². The Morgan fingerprint density at radius 3 is 2.64 bits per heavy atom. The van der Waals surface area contributed by atoms with Crippen molar-refractivity contribution in [2.45, 2.75) is 31.1 Å². The van der Waals surface area contributed by atoms with Gasteiger partial charge in [0.1, 0.15) is 12.1 Å². The lowest BCUT2D eigenvalue weighted by atomic mass is 10.1. The number of halogens is 1. The molecule has 0 aliphatic carbocycles. The summed E-state index contributed by atoms with van der Waals surface area (Å²) in [6, 6.07) is 7.24. The number of benzene rings is 1. The smallest absolute Gasteiger partial charge is 0.328 e. The van der Waals surface area contributed by atoms with Crippen molar-refractivity contribution in [3.8, 4) is 0 Å². The van der Waals surface area contributed by atoms with Gasteiger partial charge in [-0.05, 0) is 5.56 Å². The molecule has 0 bridgehead atoms. The predicted molar refractivity (Wildman–Crippen MR) is 75.5 cm³/mol. The maximum Gasteiger partial charge on any atom is 0.328 e. The summed E-state index contributed by atoms with van der Waals surface area (Å²) in [7, 11) is 1.22. The zero-order chi connectivity index (χ0) is 16.1. The lowest BCUT2D eigenvalue weighted by Crippen LogP contribution is -2.49. The van der Waals surface area contributed by atoms with E-state index in [0.29, 0.717) is 0 Å². The van der Waals surface area contributed by atoms with E-state index in [1.54, 1.807) is 0 Å². The van der Waals surface area contributed by atoms with Gasteiger partial charge in [0, 0.05) is 12.8 Å². The molecule has 1 fully saturated rings. The Morgan fingerprint density at radius 1 is 1.41 bits per heavy atom. The highest BCUT2D eigenvalue weighted by molar-refractivity contribution is 5.94. The van der Waals surface area contributed by atoms with Crippen LogP contribution in [0.5, 0.6) is 0 Å². The van der Waals surface area contributed by atoms with E-state index >= 15 is 0 Å². The number of alkyl halides is 1. The highest BCUT2D eigenvalue weighted by Crippen LogP contribution is 2.12. The molecule has 3 atom stereocenters. The Bertz CT molecular complexity index is 564. The van der Waals surface area contributed by atoms with Gasteiger partial charge < -0.3 is 15.4 Å². The second kappa shape index (κ2) is 7.02. The third kappa shape index (κ3) is 3.81. The molecule has 1 aromatic rings. The first-order chi connectivity index (χ1) is 10.5. The fourth-order valence-corrected chi connectivity index (χ4v) is 2.27. The molecule has 1 aliphatic heterocycles. The van der Waals surface area contributed by atoms with Crippen LogP contribution in [0.3, 0.4) is 0 Å². The first kappa shape index (κ1) is 15.9. The molecule has 0 unspecified atom stereocenters. The second-order valence-electron chi connectivity index (χ2n) is 5.04. The second-order valence-corrected chi connectivity index (χ2v) is 5.04. The van der Waals surface area contributed by atoms with Crippen molar-refractivity contribution < 1.29 is 23.5 Å². The van der Waals surface area contributed by atoms with E-state index in [2.05, 4.69) is 15.4 Å². The van der Waals surface area contributed by atoms with Gasteiger partial charge in [-0.25, -0.2) is 9.18 Å². The zero-order valence-electron chi connectivity index (χ0n) is 12.0. The lowest BCUT2D eigenvalue weighted by molar-refractivity contribution is -0.145. The monoisotopic (exact) mass is 308 g/mol. The van der Waals surface area contributed by atoms with Gasteiger partial charge in [-0.15, -0.1) is 0 Å². The van der Waals surface area contributed by atoms with Crippen LogP contribution in [0.1, 0.15) is 12.0 Å². The number of methoxy groups -OCH3 is 1. The van der Waals surface area contributed by atoms with Crippen molar-refractivity contribution in [1.29, 1.82) is 0 Å². The molecule has 0 aromatic heterocycles. The van der Waals surface area contributed by atoms with Crippen LogP contribution in [-0.2, 0) is 25.5 Å². The standard InChI is InChI=1S/C15H17FN2O4/c1-22-15(21)12(7-9-5-3-2-4-6-9)18-14(20)11-8-10(16)13(19)17-11/h2-6,10-12H,7-8H2,1H3,(H,17,19)(H,18,20)/t10-,11-,12-/m0/s1. The Kier molecular flexibility index (Phi) is 5.08. The van der Waals surface area contributed by atoms with E-state index in [-0.39, 0.29) is 12.8 Å². The van der Waals surface area contributed by atoms with Gasteiger partial charge in [0.25, 0.3) is 5.91 Å². The molecule has 2 rings (SSSR count). The summed E-state index contributed by atoms with van der Waals surface area (Å²) in [5.41, 5.74) is 0.844. The van der Waals surface area contributed by atoms with Crippen LogP contribution in [0.15, 0.2) is 30.3 Å². The van der Waals surface area contributed by atoms with Crippen LogP contribution < -0.4 is 10.6 Å². The van der Waals surface area contributed by atoms with Crippen LogP contribution in [0.4, 0.5) is 4.39 Å². The predicted octanol–water partition coefficient (Wildman–Crippen LogP) is 0.113. The molecule has 1 aliphatic rings. The highest BCUT2D eigenvalue weighted by Gasteiger charge is 2.37. The van der Waals surface area contributed by atoms with E-state index in [1.807, 2.05) is 30.3 Å². The number of esters is 1. The van der Waals surface area contributed by atoms with E-state index < -0.39 is 36.0 Å². The first-order valence-electron chi connectivity index (χ1n) is 6.88. The van der Waals surface area contributed by atoms with Gasteiger partial charge >= 0.3 is 5.97 Å². The van der Waals surface area contributed by atoms with Crippen molar-refractivity contribution in [2.75, 3.05) is 7.11 Å². The molecule has 2 amide bonds. The molecule has 6 nitrogen and oxygen atoms in total. The first-order valence-corrected chi connectivity index (χ1v) is 6.88. The van der Waals surface area contributed by atoms with Gasteiger partial charge in [0.15, 0.2) is 6.17 Å². The molecule has 1 aromatic carbocycles. The van der Waals surface area contributed by atoms with E-state index in [1.165, 1.54) is 7.11 Å².